The molecule has 1 saturated heterocycles. The molecule has 1 rings (SSSR count). The third kappa shape index (κ3) is 6.43. The fourth-order valence-electron chi connectivity index (χ4n) is 1.75. The number of ether oxygens (including phenoxy) is 3. The van der Waals surface area contributed by atoms with E-state index in [0.717, 1.165) is 52.4 Å². The predicted octanol–water partition coefficient (Wildman–Crippen LogP) is 1.05. The van der Waals surface area contributed by atoms with Crippen molar-refractivity contribution in [2.24, 2.45) is 5.92 Å². The lowest BCUT2D eigenvalue weighted by Crippen LogP contribution is -2.31. The second-order valence-electron chi connectivity index (χ2n) is 4.40. The molecule has 1 heterocycles. The summed E-state index contributed by atoms with van der Waals surface area (Å²) < 4.78 is 16.1. The van der Waals surface area contributed by atoms with Crippen molar-refractivity contribution < 1.29 is 14.2 Å². The molecule has 1 unspecified atom stereocenters. The maximum atomic E-state index is 5.80. The van der Waals surface area contributed by atoms with Crippen molar-refractivity contribution in [1.29, 1.82) is 0 Å². The molecule has 0 aliphatic carbocycles. The first-order valence-electron chi connectivity index (χ1n) is 6.22. The van der Waals surface area contributed by atoms with Crippen molar-refractivity contribution >= 4 is 0 Å². The van der Waals surface area contributed by atoms with Gasteiger partial charge in [-0.1, -0.05) is 0 Å². The molecular formula is C12H25NO3. The van der Waals surface area contributed by atoms with Crippen LogP contribution in [0.5, 0.6) is 0 Å². The summed E-state index contributed by atoms with van der Waals surface area (Å²) in [6.45, 7) is 7.32. The molecule has 0 aromatic carbocycles. The molecule has 0 radical (unpaired) electrons. The largest absolute Gasteiger partial charge is 0.383 e. The summed E-state index contributed by atoms with van der Waals surface area (Å²) in [5.41, 5.74) is 0. The van der Waals surface area contributed by atoms with Crippen molar-refractivity contribution in [2.75, 3.05) is 46.6 Å². The molecule has 96 valence electrons. The zero-order valence-electron chi connectivity index (χ0n) is 10.5. The summed E-state index contributed by atoms with van der Waals surface area (Å²) in [7, 11) is 1.72. The van der Waals surface area contributed by atoms with Crippen LogP contribution >= 0.6 is 0 Å². The van der Waals surface area contributed by atoms with Gasteiger partial charge in [-0.25, -0.2) is 0 Å². The Morgan fingerprint density at radius 3 is 2.81 bits per heavy atom. The Kier molecular flexibility index (Phi) is 7.76. The highest BCUT2D eigenvalue weighted by Crippen LogP contribution is 2.15. The quantitative estimate of drug-likeness (QED) is 0.634. The third-order valence-electron chi connectivity index (χ3n) is 2.87. The Hall–Kier alpha value is -0.160. The van der Waals surface area contributed by atoms with Crippen LogP contribution in [0.25, 0.3) is 0 Å². The fraction of sp³-hybridized carbons (Fsp3) is 1.00. The summed E-state index contributed by atoms with van der Waals surface area (Å²) in [5, 5.41) is 3.30. The van der Waals surface area contributed by atoms with Crippen LogP contribution in [-0.4, -0.2) is 52.7 Å². The molecule has 0 bridgehead atoms. The molecule has 1 N–H and O–H groups in total. The third-order valence-corrected chi connectivity index (χ3v) is 2.87. The van der Waals surface area contributed by atoms with E-state index < -0.39 is 0 Å². The number of methoxy groups -OCH3 is 1. The van der Waals surface area contributed by atoms with E-state index in [9.17, 15) is 0 Å². The maximum Gasteiger partial charge on any atom is 0.0671 e. The van der Waals surface area contributed by atoms with Gasteiger partial charge in [0.05, 0.1) is 12.7 Å². The van der Waals surface area contributed by atoms with Gasteiger partial charge in [0.15, 0.2) is 0 Å². The summed E-state index contributed by atoms with van der Waals surface area (Å²) in [6.07, 6.45) is 2.56. The molecule has 0 amide bonds. The van der Waals surface area contributed by atoms with E-state index in [1.54, 1.807) is 7.11 Å². The van der Waals surface area contributed by atoms with Gasteiger partial charge in [0, 0.05) is 40.0 Å². The van der Waals surface area contributed by atoms with Crippen molar-refractivity contribution in [3.8, 4) is 0 Å². The van der Waals surface area contributed by atoms with Gasteiger partial charge >= 0.3 is 0 Å². The van der Waals surface area contributed by atoms with Gasteiger partial charge in [0.1, 0.15) is 0 Å². The molecule has 0 aromatic rings. The molecule has 0 saturated carbocycles. The summed E-state index contributed by atoms with van der Waals surface area (Å²) in [5.74, 6) is 0.690. The number of hydrogen-bond donors (Lipinski definition) is 1. The van der Waals surface area contributed by atoms with Gasteiger partial charge in [-0.15, -0.1) is 0 Å². The highest BCUT2D eigenvalue weighted by atomic mass is 16.5. The van der Waals surface area contributed by atoms with E-state index in [0.29, 0.717) is 5.92 Å². The van der Waals surface area contributed by atoms with E-state index in [1.165, 1.54) is 0 Å². The van der Waals surface area contributed by atoms with Crippen molar-refractivity contribution in [3.05, 3.63) is 0 Å². The van der Waals surface area contributed by atoms with E-state index in [-0.39, 0.29) is 6.10 Å². The summed E-state index contributed by atoms with van der Waals surface area (Å²) in [6, 6.07) is 0. The second-order valence-corrected chi connectivity index (χ2v) is 4.40. The van der Waals surface area contributed by atoms with Crippen molar-refractivity contribution in [3.63, 3.8) is 0 Å². The van der Waals surface area contributed by atoms with Gasteiger partial charge in [-0.2, -0.15) is 0 Å². The van der Waals surface area contributed by atoms with Crippen LogP contribution in [0.4, 0.5) is 0 Å². The Bertz CT molecular complexity index is 160. The van der Waals surface area contributed by atoms with Gasteiger partial charge in [-0.05, 0) is 25.7 Å². The fourth-order valence-corrected chi connectivity index (χ4v) is 1.75. The van der Waals surface area contributed by atoms with Crippen LogP contribution in [0.15, 0.2) is 0 Å². The molecule has 1 aliphatic rings. The van der Waals surface area contributed by atoms with E-state index in [4.69, 9.17) is 14.2 Å². The molecule has 0 spiro atoms. The minimum Gasteiger partial charge on any atom is -0.383 e. The Balaban J connectivity index is 1.94. The van der Waals surface area contributed by atoms with Crippen LogP contribution in [-0.2, 0) is 14.2 Å². The molecule has 16 heavy (non-hydrogen) atoms. The van der Waals surface area contributed by atoms with E-state index in [1.807, 2.05) is 0 Å². The SMILES string of the molecule is COCCNCC(C)OCC1CCOCC1. The smallest absolute Gasteiger partial charge is 0.0671 e. The second kappa shape index (κ2) is 8.93. The highest BCUT2D eigenvalue weighted by Gasteiger charge is 2.14. The molecule has 4 heteroatoms. The number of hydrogen-bond acceptors (Lipinski definition) is 4. The lowest BCUT2D eigenvalue weighted by atomic mass is 10.0. The zero-order valence-corrected chi connectivity index (χ0v) is 10.5. The topological polar surface area (TPSA) is 39.7 Å². The molecule has 1 aliphatic heterocycles. The predicted molar refractivity (Wildman–Crippen MR) is 63.7 cm³/mol. The van der Waals surface area contributed by atoms with Gasteiger partial charge in [-0.3, -0.25) is 0 Å². The monoisotopic (exact) mass is 231 g/mol. The average Bonchev–Trinajstić information content (AvgIpc) is 2.33. The number of rotatable bonds is 8. The first-order chi connectivity index (χ1) is 7.83. The van der Waals surface area contributed by atoms with Crippen LogP contribution in [0.2, 0.25) is 0 Å². The molecule has 1 atom stereocenters. The van der Waals surface area contributed by atoms with E-state index in [2.05, 4.69) is 12.2 Å². The molecule has 1 fully saturated rings. The number of nitrogens with one attached hydrogen (secondary N) is 1. The van der Waals surface area contributed by atoms with Crippen LogP contribution in [0.1, 0.15) is 19.8 Å². The standard InChI is InChI=1S/C12H25NO3/c1-11(9-13-5-8-14-2)16-10-12-3-6-15-7-4-12/h11-13H,3-10H2,1-2H3. The van der Waals surface area contributed by atoms with Crippen molar-refractivity contribution in [1.82, 2.24) is 5.32 Å². The average molecular weight is 231 g/mol. The lowest BCUT2D eigenvalue weighted by molar-refractivity contribution is -0.00459. The Morgan fingerprint density at radius 1 is 1.38 bits per heavy atom. The molecular weight excluding hydrogens is 206 g/mol. The Morgan fingerprint density at radius 2 is 2.12 bits per heavy atom. The normalized spacial score (nSPS) is 19.9. The molecule has 0 aromatic heterocycles. The van der Waals surface area contributed by atoms with Crippen LogP contribution in [0.3, 0.4) is 0 Å². The zero-order chi connectivity index (χ0) is 11.6. The maximum absolute atomic E-state index is 5.80. The van der Waals surface area contributed by atoms with Crippen LogP contribution < -0.4 is 5.32 Å². The first kappa shape index (κ1) is 13.9. The van der Waals surface area contributed by atoms with Gasteiger partial charge in [0.25, 0.3) is 0 Å². The minimum absolute atomic E-state index is 0.278. The summed E-state index contributed by atoms with van der Waals surface area (Å²) >= 11 is 0. The Labute approximate surface area is 98.6 Å². The molecule has 4 nitrogen and oxygen atoms in total. The minimum atomic E-state index is 0.278. The summed E-state index contributed by atoms with van der Waals surface area (Å²) in [4.78, 5) is 0. The lowest BCUT2D eigenvalue weighted by Gasteiger charge is -2.23. The van der Waals surface area contributed by atoms with E-state index >= 15 is 0 Å². The highest BCUT2D eigenvalue weighted by molar-refractivity contribution is 4.64. The van der Waals surface area contributed by atoms with Gasteiger partial charge in [0.2, 0.25) is 0 Å². The van der Waals surface area contributed by atoms with Crippen molar-refractivity contribution in [2.45, 2.75) is 25.9 Å². The first-order valence-corrected chi connectivity index (χ1v) is 6.22. The van der Waals surface area contributed by atoms with Crippen LogP contribution in [0, 0.1) is 5.92 Å². The van der Waals surface area contributed by atoms with Gasteiger partial charge < -0.3 is 19.5 Å².